The fourth-order valence-corrected chi connectivity index (χ4v) is 1.61. The number of halogens is 1. The molecule has 78 valence electrons. The van der Waals surface area contributed by atoms with Gasteiger partial charge in [-0.05, 0) is 23.5 Å². The van der Waals surface area contributed by atoms with E-state index in [-0.39, 0.29) is 5.41 Å². The molecule has 0 aliphatic rings. The summed E-state index contributed by atoms with van der Waals surface area (Å²) in [5.41, 5.74) is 1.55. The largest absolute Gasteiger partial charge is 0.496 e. The van der Waals surface area contributed by atoms with Gasteiger partial charge in [0.25, 0.3) is 0 Å². The van der Waals surface area contributed by atoms with Gasteiger partial charge >= 0.3 is 0 Å². The third-order valence-electron chi connectivity index (χ3n) is 2.22. The van der Waals surface area contributed by atoms with Crippen molar-refractivity contribution in [1.82, 2.24) is 0 Å². The van der Waals surface area contributed by atoms with Gasteiger partial charge in [-0.25, -0.2) is 0 Å². The highest BCUT2D eigenvalue weighted by molar-refractivity contribution is 9.09. The van der Waals surface area contributed by atoms with E-state index in [2.05, 4.69) is 41.9 Å². The van der Waals surface area contributed by atoms with Crippen molar-refractivity contribution >= 4 is 15.9 Å². The predicted octanol–water partition coefficient (Wildman–Crippen LogP) is 3.66. The molecule has 0 fully saturated rings. The zero-order valence-electron chi connectivity index (χ0n) is 9.01. The van der Waals surface area contributed by atoms with E-state index in [9.17, 15) is 0 Å². The highest BCUT2D eigenvalue weighted by atomic mass is 79.9. The molecule has 1 aromatic rings. The highest BCUT2D eigenvalue weighted by Crippen LogP contribution is 2.28. The average Bonchev–Trinajstić information content (AvgIpc) is 2.18. The van der Waals surface area contributed by atoms with Crippen LogP contribution in [0.4, 0.5) is 0 Å². The first-order chi connectivity index (χ1) is 6.59. The summed E-state index contributed by atoms with van der Waals surface area (Å²) in [7, 11) is 1.72. The monoisotopic (exact) mass is 256 g/mol. The molecule has 0 spiro atoms. The maximum atomic E-state index is 5.32. The Hall–Kier alpha value is -0.500. The van der Waals surface area contributed by atoms with E-state index in [1.165, 1.54) is 5.56 Å². The van der Waals surface area contributed by atoms with E-state index in [1.54, 1.807) is 7.11 Å². The first kappa shape index (κ1) is 11.6. The molecule has 0 radical (unpaired) electrons. The van der Waals surface area contributed by atoms with Gasteiger partial charge in [-0.15, -0.1) is 0 Å². The summed E-state index contributed by atoms with van der Waals surface area (Å²) >= 11 is 3.53. The predicted molar refractivity (Wildman–Crippen MR) is 64.3 cm³/mol. The minimum absolute atomic E-state index is 0.272. The van der Waals surface area contributed by atoms with Crippen LogP contribution in [0, 0.1) is 5.41 Å². The molecule has 1 nitrogen and oxygen atoms in total. The normalized spacial score (nSPS) is 11.4. The summed E-state index contributed by atoms with van der Waals surface area (Å²) in [5.74, 6) is 0.988. The number of ether oxygens (including phenoxy) is 1. The Bertz CT molecular complexity index is 294. The molecule has 1 aromatic carbocycles. The van der Waals surface area contributed by atoms with Crippen LogP contribution in [-0.4, -0.2) is 12.4 Å². The molecule has 0 N–H and O–H groups in total. The summed E-state index contributed by atoms with van der Waals surface area (Å²) in [5, 5.41) is 0.998. The van der Waals surface area contributed by atoms with Crippen molar-refractivity contribution in [2.45, 2.75) is 20.3 Å². The van der Waals surface area contributed by atoms with Crippen LogP contribution in [0.3, 0.4) is 0 Å². The van der Waals surface area contributed by atoms with E-state index < -0.39 is 0 Å². The van der Waals surface area contributed by atoms with Gasteiger partial charge in [0, 0.05) is 5.33 Å². The average molecular weight is 257 g/mol. The van der Waals surface area contributed by atoms with Crippen LogP contribution in [0.1, 0.15) is 19.4 Å². The van der Waals surface area contributed by atoms with Gasteiger partial charge in [0.05, 0.1) is 7.11 Å². The molecule has 0 saturated carbocycles. The van der Waals surface area contributed by atoms with Gasteiger partial charge in [-0.2, -0.15) is 0 Å². The minimum atomic E-state index is 0.272. The second kappa shape index (κ2) is 4.83. The van der Waals surface area contributed by atoms with Crippen molar-refractivity contribution in [2.75, 3.05) is 12.4 Å². The molecular formula is C12H17BrO. The fourth-order valence-electron chi connectivity index (χ4n) is 1.41. The molecule has 0 heterocycles. The number of methoxy groups -OCH3 is 1. The topological polar surface area (TPSA) is 9.23 Å². The van der Waals surface area contributed by atoms with E-state index >= 15 is 0 Å². The van der Waals surface area contributed by atoms with Crippen molar-refractivity contribution in [3.63, 3.8) is 0 Å². The Morgan fingerprint density at radius 3 is 2.50 bits per heavy atom. The van der Waals surface area contributed by atoms with E-state index in [0.717, 1.165) is 17.5 Å². The fraction of sp³-hybridized carbons (Fsp3) is 0.500. The van der Waals surface area contributed by atoms with Crippen LogP contribution in [0.2, 0.25) is 0 Å². The van der Waals surface area contributed by atoms with Gasteiger partial charge in [-0.3, -0.25) is 0 Å². The molecule has 0 saturated heterocycles. The Labute approximate surface area is 94.6 Å². The third kappa shape index (κ3) is 3.02. The van der Waals surface area contributed by atoms with Crippen molar-refractivity contribution in [1.29, 1.82) is 0 Å². The second-order valence-electron chi connectivity index (χ2n) is 4.29. The number of rotatable bonds is 4. The molecule has 0 amide bonds. The number of alkyl halides is 1. The van der Waals surface area contributed by atoms with Crippen molar-refractivity contribution < 1.29 is 4.74 Å². The second-order valence-corrected chi connectivity index (χ2v) is 4.85. The lowest BCUT2D eigenvalue weighted by molar-refractivity contribution is 0.384. The molecule has 0 bridgehead atoms. The van der Waals surface area contributed by atoms with Crippen LogP contribution in [0.5, 0.6) is 5.75 Å². The minimum Gasteiger partial charge on any atom is -0.496 e. The van der Waals surface area contributed by atoms with Crippen molar-refractivity contribution in [2.24, 2.45) is 5.41 Å². The van der Waals surface area contributed by atoms with Gasteiger partial charge in [0.15, 0.2) is 0 Å². The molecule has 0 aliphatic heterocycles. The number of hydrogen-bond acceptors (Lipinski definition) is 1. The number of benzene rings is 1. The quantitative estimate of drug-likeness (QED) is 0.748. The highest BCUT2D eigenvalue weighted by Gasteiger charge is 2.18. The molecule has 1 rings (SSSR count). The van der Waals surface area contributed by atoms with Crippen LogP contribution >= 0.6 is 15.9 Å². The van der Waals surface area contributed by atoms with Gasteiger partial charge in [0.2, 0.25) is 0 Å². The molecule has 14 heavy (non-hydrogen) atoms. The summed E-state index contributed by atoms with van der Waals surface area (Å²) < 4.78 is 5.32. The number of para-hydroxylation sites is 1. The smallest absolute Gasteiger partial charge is 0.122 e. The van der Waals surface area contributed by atoms with Crippen LogP contribution in [0.15, 0.2) is 24.3 Å². The first-order valence-electron chi connectivity index (χ1n) is 4.77. The summed E-state index contributed by atoms with van der Waals surface area (Å²) in [6.45, 7) is 4.49. The zero-order chi connectivity index (χ0) is 10.6. The lowest BCUT2D eigenvalue weighted by Crippen LogP contribution is -2.16. The summed E-state index contributed by atoms with van der Waals surface area (Å²) in [4.78, 5) is 0. The standard InChI is InChI=1S/C12H17BrO/c1-12(2,9-13)8-10-6-4-5-7-11(10)14-3/h4-7H,8-9H2,1-3H3. The van der Waals surface area contributed by atoms with E-state index in [1.807, 2.05) is 12.1 Å². The Kier molecular flexibility index (Phi) is 3.99. The van der Waals surface area contributed by atoms with Gasteiger partial charge < -0.3 is 4.74 Å². The summed E-state index contributed by atoms with van der Waals surface area (Å²) in [6, 6.07) is 8.20. The van der Waals surface area contributed by atoms with Crippen LogP contribution < -0.4 is 4.74 Å². The molecule has 0 unspecified atom stereocenters. The Morgan fingerprint density at radius 1 is 1.29 bits per heavy atom. The SMILES string of the molecule is COc1ccccc1CC(C)(C)CBr. The molecule has 0 aromatic heterocycles. The summed E-state index contributed by atoms with van der Waals surface area (Å²) in [6.07, 6.45) is 1.03. The molecule has 2 heteroatoms. The van der Waals surface area contributed by atoms with Crippen molar-refractivity contribution in [3.05, 3.63) is 29.8 Å². The maximum absolute atomic E-state index is 5.32. The lowest BCUT2D eigenvalue weighted by Gasteiger charge is -2.22. The van der Waals surface area contributed by atoms with Crippen LogP contribution in [-0.2, 0) is 6.42 Å². The Balaban J connectivity index is 2.85. The molecule has 0 atom stereocenters. The van der Waals surface area contributed by atoms with Gasteiger partial charge in [0.1, 0.15) is 5.75 Å². The Morgan fingerprint density at radius 2 is 1.93 bits per heavy atom. The molecular weight excluding hydrogens is 240 g/mol. The third-order valence-corrected chi connectivity index (χ3v) is 3.74. The number of hydrogen-bond donors (Lipinski definition) is 0. The van der Waals surface area contributed by atoms with E-state index in [0.29, 0.717) is 0 Å². The first-order valence-corrected chi connectivity index (χ1v) is 5.89. The van der Waals surface area contributed by atoms with Crippen LogP contribution in [0.25, 0.3) is 0 Å². The zero-order valence-corrected chi connectivity index (χ0v) is 10.6. The maximum Gasteiger partial charge on any atom is 0.122 e. The van der Waals surface area contributed by atoms with Gasteiger partial charge in [-0.1, -0.05) is 48.0 Å². The van der Waals surface area contributed by atoms with Crippen molar-refractivity contribution in [3.8, 4) is 5.75 Å². The van der Waals surface area contributed by atoms with E-state index in [4.69, 9.17) is 4.74 Å². The lowest BCUT2D eigenvalue weighted by atomic mass is 9.88. The molecule has 0 aliphatic carbocycles.